The Kier molecular flexibility index (Phi) is 3.56. The molecule has 5 nitrogen and oxygen atoms in total. The number of aromatic nitrogens is 2. The number of carbonyl (C=O) groups excluding carboxylic acids is 1. The van der Waals surface area contributed by atoms with Crippen LogP contribution in [0, 0.1) is 0 Å². The van der Waals surface area contributed by atoms with E-state index in [0.29, 0.717) is 17.3 Å². The van der Waals surface area contributed by atoms with Crippen LogP contribution in [0.3, 0.4) is 0 Å². The van der Waals surface area contributed by atoms with Gasteiger partial charge in [0.25, 0.3) is 5.91 Å². The minimum absolute atomic E-state index is 0.152. The van der Waals surface area contributed by atoms with Crippen molar-refractivity contribution in [2.75, 3.05) is 24.3 Å². The molecule has 5 heteroatoms. The normalized spacial score (nSPS) is 13.8. The largest absolute Gasteiger partial charge is 0.378 e. The average Bonchev–Trinajstić information content (AvgIpc) is 3.32. The lowest BCUT2D eigenvalue weighted by molar-refractivity contribution is 0.102. The van der Waals surface area contributed by atoms with E-state index in [-0.39, 0.29) is 5.91 Å². The zero-order valence-electron chi connectivity index (χ0n) is 12.2. The number of anilines is 2. The fourth-order valence-corrected chi connectivity index (χ4v) is 2.21. The van der Waals surface area contributed by atoms with Crippen molar-refractivity contribution in [1.82, 2.24) is 9.97 Å². The number of amides is 1. The Morgan fingerprint density at radius 2 is 2.00 bits per heavy atom. The van der Waals surface area contributed by atoms with Gasteiger partial charge >= 0.3 is 0 Å². The summed E-state index contributed by atoms with van der Waals surface area (Å²) in [5.74, 6) is 0.878. The smallest absolute Gasteiger partial charge is 0.256 e. The summed E-state index contributed by atoms with van der Waals surface area (Å²) in [6.45, 7) is 0. The second-order valence-corrected chi connectivity index (χ2v) is 5.46. The van der Waals surface area contributed by atoms with Gasteiger partial charge in [-0.1, -0.05) is 6.07 Å². The molecule has 0 unspecified atom stereocenters. The molecule has 1 aromatic heterocycles. The van der Waals surface area contributed by atoms with Crippen LogP contribution in [-0.2, 0) is 0 Å². The van der Waals surface area contributed by atoms with Crippen molar-refractivity contribution < 1.29 is 4.79 Å². The Morgan fingerprint density at radius 3 is 2.71 bits per heavy atom. The lowest BCUT2D eigenvalue weighted by atomic mass is 10.1. The third-order valence-corrected chi connectivity index (χ3v) is 3.55. The van der Waals surface area contributed by atoms with E-state index in [9.17, 15) is 4.79 Å². The summed E-state index contributed by atoms with van der Waals surface area (Å²) in [6, 6.07) is 7.51. The Balaban J connectivity index is 1.82. The molecule has 0 bridgehead atoms. The third kappa shape index (κ3) is 3.02. The Bertz CT molecular complexity index is 665. The first-order valence-electron chi connectivity index (χ1n) is 7.05. The first-order valence-corrected chi connectivity index (χ1v) is 7.05. The van der Waals surface area contributed by atoms with Crippen LogP contribution < -0.4 is 10.2 Å². The lowest BCUT2D eigenvalue weighted by Crippen LogP contribution is -2.16. The molecule has 0 aliphatic heterocycles. The predicted octanol–water partition coefficient (Wildman–Crippen LogP) is 2.67. The van der Waals surface area contributed by atoms with Crippen LogP contribution in [-0.4, -0.2) is 30.0 Å². The Labute approximate surface area is 124 Å². The van der Waals surface area contributed by atoms with Crippen LogP contribution >= 0.6 is 0 Å². The molecule has 0 radical (unpaired) electrons. The number of nitrogens with one attached hydrogen (secondary N) is 1. The van der Waals surface area contributed by atoms with Crippen molar-refractivity contribution in [2.45, 2.75) is 18.8 Å². The van der Waals surface area contributed by atoms with Crippen LogP contribution in [0.4, 0.5) is 11.5 Å². The van der Waals surface area contributed by atoms with Crippen LogP contribution in [0.25, 0.3) is 0 Å². The van der Waals surface area contributed by atoms with Gasteiger partial charge in [-0.2, -0.15) is 0 Å². The first kappa shape index (κ1) is 13.5. The van der Waals surface area contributed by atoms with Gasteiger partial charge in [0.2, 0.25) is 0 Å². The molecule has 1 N–H and O–H groups in total. The number of hydrogen-bond acceptors (Lipinski definition) is 4. The molecule has 0 spiro atoms. The fourth-order valence-electron chi connectivity index (χ4n) is 2.21. The minimum atomic E-state index is -0.152. The maximum atomic E-state index is 12.4. The van der Waals surface area contributed by atoms with Crippen LogP contribution in [0.1, 0.15) is 34.8 Å². The van der Waals surface area contributed by atoms with E-state index in [1.54, 1.807) is 18.5 Å². The molecule has 0 atom stereocenters. The second kappa shape index (κ2) is 5.52. The fraction of sp³-hybridized carbons (Fsp3) is 0.312. The quantitative estimate of drug-likeness (QED) is 0.936. The van der Waals surface area contributed by atoms with Gasteiger partial charge in [0.05, 0.1) is 5.69 Å². The molecule has 2 aromatic rings. The predicted molar refractivity (Wildman–Crippen MR) is 82.7 cm³/mol. The number of carbonyl (C=O) groups is 1. The highest BCUT2D eigenvalue weighted by atomic mass is 16.1. The van der Waals surface area contributed by atoms with Gasteiger partial charge in [-0.3, -0.25) is 9.78 Å². The standard InChI is InChI=1S/C16H18N4O/c1-20(2)13-5-3-4-12(10-13)16(21)19-15-14(11-6-7-11)17-8-9-18-15/h3-5,8-11H,6-7H2,1-2H3,(H,18,19,21). The van der Waals surface area contributed by atoms with E-state index in [1.165, 1.54) is 0 Å². The lowest BCUT2D eigenvalue weighted by Gasteiger charge is -2.13. The van der Waals surface area contributed by atoms with E-state index >= 15 is 0 Å². The monoisotopic (exact) mass is 282 g/mol. The molecule has 108 valence electrons. The van der Waals surface area contributed by atoms with Gasteiger partial charge in [-0.25, -0.2) is 4.98 Å². The summed E-state index contributed by atoms with van der Waals surface area (Å²) < 4.78 is 0. The highest BCUT2D eigenvalue weighted by molar-refractivity contribution is 6.04. The maximum Gasteiger partial charge on any atom is 0.256 e. The number of hydrogen-bond donors (Lipinski definition) is 1. The molecule has 3 rings (SSSR count). The van der Waals surface area contributed by atoms with Crippen molar-refractivity contribution in [3.63, 3.8) is 0 Å². The highest BCUT2D eigenvalue weighted by Gasteiger charge is 2.28. The summed E-state index contributed by atoms with van der Waals surface area (Å²) in [5.41, 5.74) is 2.51. The van der Waals surface area contributed by atoms with Crippen molar-refractivity contribution in [3.8, 4) is 0 Å². The Hall–Kier alpha value is -2.43. The third-order valence-electron chi connectivity index (χ3n) is 3.55. The second-order valence-electron chi connectivity index (χ2n) is 5.46. The summed E-state index contributed by atoms with van der Waals surface area (Å²) in [5, 5.41) is 2.88. The van der Waals surface area contributed by atoms with Gasteiger partial charge < -0.3 is 10.2 Å². The molecule has 1 aromatic carbocycles. The van der Waals surface area contributed by atoms with Crippen molar-refractivity contribution >= 4 is 17.4 Å². The van der Waals surface area contributed by atoms with E-state index in [1.807, 2.05) is 37.2 Å². The summed E-state index contributed by atoms with van der Waals surface area (Å²) in [6.07, 6.45) is 5.53. The van der Waals surface area contributed by atoms with E-state index in [2.05, 4.69) is 15.3 Å². The topological polar surface area (TPSA) is 58.1 Å². The molecule has 21 heavy (non-hydrogen) atoms. The molecule has 1 amide bonds. The van der Waals surface area contributed by atoms with Crippen molar-refractivity contribution in [3.05, 3.63) is 47.9 Å². The molecule has 1 saturated carbocycles. The number of nitrogens with zero attached hydrogens (tertiary/aromatic N) is 3. The van der Waals surface area contributed by atoms with Gasteiger partial charge in [0.15, 0.2) is 5.82 Å². The summed E-state index contributed by atoms with van der Waals surface area (Å²) in [4.78, 5) is 23.0. The van der Waals surface area contributed by atoms with Gasteiger partial charge in [-0.15, -0.1) is 0 Å². The zero-order valence-corrected chi connectivity index (χ0v) is 12.2. The molecule has 1 aliphatic rings. The van der Waals surface area contributed by atoms with E-state index < -0.39 is 0 Å². The van der Waals surface area contributed by atoms with Gasteiger partial charge in [0.1, 0.15) is 0 Å². The van der Waals surface area contributed by atoms with Gasteiger partial charge in [0, 0.05) is 43.7 Å². The van der Waals surface area contributed by atoms with E-state index in [0.717, 1.165) is 24.2 Å². The van der Waals surface area contributed by atoms with Crippen molar-refractivity contribution in [2.24, 2.45) is 0 Å². The zero-order chi connectivity index (χ0) is 14.8. The summed E-state index contributed by atoms with van der Waals surface area (Å²) >= 11 is 0. The molecular formula is C16H18N4O. The minimum Gasteiger partial charge on any atom is -0.378 e. The molecule has 1 aliphatic carbocycles. The maximum absolute atomic E-state index is 12.4. The van der Waals surface area contributed by atoms with Crippen LogP contribution in [0.15, 0.2) is 36.7 Å². The van der Waals surface area contributed by atoms with E-state index in [4.69, 9.17) is 0 Å². The van der Waals surface area contributed by atoms with Crippen LogP contribution in [0.5, 0.6) is 0 Å². The summed E-state index contributed by atoms with van der Waals surface area (Å²) in [7, 11) is 3.90. The number of rotatable bonds is 4. The van der Waals surface area contributed by atoms with Crippen LogP contribution in [0.2, 0.25) is 0 Å². The molecule has 0 saturated heterocycles. The SMILES string of the molecule is CN(C)c1cccc(C(=O)Nc2nccnc2C2CC2)c1. The van der Waals surface area contributed by atoms with Crippen molar-refractivity contribution in [1.29, 1.82) is 0 Å². The Morgan fingerprint density at radius 1 is 1.24 bits per heavy atom. The number of benzene rings is 1. The van der Waals surface area contributed by atoms with Gasteiger partial charge in [-0.05, 0) is 31.0 Å². The molecule has 1 heterocycles. The average molecular weight is 282 g/mol. The molecular weight excluding hydrogens is 264 g/mol. The molecule has 1 fully saturated rings. The first-order chi connectivity index (χ1) is 10.1. The highest BCUT2D eigenvalue weighted by Crippen LogP contribution is 2.41.